The van der Waals surface area contributed by atoms with E-state index in [1.54, 1.807) is 32.9 Å². The van der Waals surface area contributed by atoms with Gasteiger partial charge in [0.05, 0.1) is 21.8 Å². The van der Waals surface area contributed by atoms with Crippen LogP contribution in [0.3, 0.4) is 0 Å². The van der Waals surface area contributed by atoms with Gasteiger partial charge in [-0.2, -0.15) is 0 Å². The molecule has 14 nitrogen and oxygen atoms in total. The number of carbonyl (C=O) groups excluding carboxylic acids is 5. The van der Waals surface area contributed by atoms with Gasteiger partial charge in [-0.15, -0.1) is 0 Å². The van der Waals surface area contributed by atoms with Gasteiger partial charge in [0.2, 0.25) is 21.8 Å². The van der Waals surface area contributed by atoms with Crippen LogP contribution in [0.4, 0.5) is 9.59 Å². The van der Waals surface area contributed by atoms with Gasteiger partial charge in [0, 0.05) is 25.4 Å². The summed E-state index contributed by atoms with van der Waals surface area (Å²) < 4.78 is 39.0. The number of benzene rings is 1. The van der Waals surface area contributed by atoms with Crippen LogP contribution in [0.25, 0.3) is 0 Å². The highest BCUT2D eigenvalue weighted by atomic mass is 35.5. The number of alkyl carbamates (subject to hydrolysis) is 1. The monoisotopic (exact) mass is 781 g/mol. The Morgan fingerprint density at radius 1 is 1.00 bits per heavy atom. The molecule has 3 aliphatic heterocycles. The molecule has 1 aromatic carbocycles. The van der Waals surface area contributed by atoms with E-state index in [2.05, 4.69) is 15.4 Å². The second-order valence-electron chi connectivity index (χ2n) is 15.4. The van der Waals surface area contributed by atoms with E-state index in [1.807, 2.05) is 12.2 Å². The van der Waals surface area contributed by atoms with Crippen molar-refractivity contribution in [3.63, 3.8) is 0 Å². The third-order valence-corrected chi connectivity index (χ3v) is 12.6. The number of hydrogen-bond acceptors (Lipinski definition) is 9. The molecule has 3 fully saturated rings. The highest BCUT2D eigenvalue weighted by Gasteiger charge is 2.62. The Hall–Kier alpha value is -3.56. The Kier molecular flexibility index (Phi) is 10.8. The lowest BCUT2D eigenvalue weighted by Gasteiger charge is -2.30. The summed E-state index contributed by atoms with van der Waals surface area (Å²) in [4.78, 5) is 71.2. The fraction of sp³-hybridized carbons (Fsp3) is 0.629. The van der Waals surface area contributed by atoms with Crippen molar-refractivity contribution in [3.8, 4) is 0 Å². The number of amides is 5. The number of hydrogen-bond donors (Lipinski definition) is 3. The second-order valence-corrected chi connectivity index (χ2v) is 18.1. The van der Waals surface area contributed by atoms with E-state index in [9.17, 15) is 32.4 Å². The van der Waals surface area contributed by atoms with Gasteiger partial charge in [-0.1, -0.05) is 48.2 Å². The molecular formula is C35H45Cl2N5O9S. The summed E-state index contributed by atoms with van der Waals surface area (Å²) in [5.74, 6) is -2.57. The van der Waals surface area contributed by atoms with Crippen molar-refractivity contribution in [2.24, 2.45) is 5.92 Å². The Bertz CT molecular complexity index is 1750. The molecule has 0 unspecified atom stereocenters. The fourth-order valence-electron chi connectivity index (χ4n) is 7.03. The number of allylic oxidation sites excluding steroid dienone is 1. The highest BCUT2D eigenvalue weighted by molar-refractivity contribution is 7.91. The maximum absolute atomic E-state index is 14.3. The van der Waals surface area contributed by atoms with Crippen molar-refractivity contribution in [3.05, 3.63) is 45.5 Å². The standard InChI is InChI=1S/C35H45Cl2N5O9S/c1-34(2,3)51-32(46)38-27-10-8-6-4-5-7-9-22-16-35(22,31(45)40-52(48,49)24-11-12-24)39-29(43)28-15-23(19-42(28)30(27)44)50-33(47)41-17-20-13-25(36)26(37)14-21(20)18-41/h7,9,13-14,22-24,27-28H,4-6,8,10-12,15-19H2,1-3H3,(H,38,46)(H,39,43)(H,40,45)/t22-,23-,27+,28+,35-/m1/s1. The molecule has 0 aromatic heterocycles. The largest absolute Gasteiger partial charge is 0.444 e. The van der Waals surface area contributed by atoms with E-state index in [4.69, 9.17) is 32.7 Å². The van der Waals surface area contributed by atoms with Gasteiger partial charge in [-0.05, 0) is 82.6 Å². The van der Waals surface area contributed by atoms with Crippen molar-refractivity contribution >= 4 is 63.1 Å². The van der Waals surface area contributed by atoms with Crippen LogP contribution in [0.1, 0.15) is 89.7 Å². The van der Waals surface area contributed by atoms with Crippen LogP contribution in [-0.2, 0) is 47.0 Å². The molecule has 2 aliphatic carbocycles. The molecule has 6 rings (SSSR count). The van der Waals surface area contributed by atoms with E-state index in [1.165, 1.54) is 9.80 Å². The molecule has 3 heterocycles. The summed E-state index contributed by atoms with van der Waals surface area (Å²) in [5.41, 5.74) is -0.742. The van der Waals surface area contributed by atoms with Gasteiger partial charge in [0.15, 0.2) is 0 Å². The number of carbonyl (C=O) groups is 5. The number of nitrogens with one attached hydrogen (secondary N) is 3. The van der Waals surface area contributed by atoms with Crippen LogP contribution in [-0.4, -0.2) is 89.2 Å². The number of nitrogens with zero attached hydrogens (tertiary/aromatic N) is 2. The molecule has 0 spiro atoms. The molecule has 1 saturated heterocycles. The predicted octanol–water partition coefficient (Wildman–Crippen LogP) is 4.31. The first kappa shape index (κ1) is 38.2. The van der Waals surface area contributed by atoms with E-state index in [-0.39, 0.29) is 38.9 Å². The number of rotatable bonds is 5. The van der Waals surface area contributed by atoms with Gasteiger partial charge in [0.25, 0.3) is 5.91 Å². The minimum atomic E-state index is -3.91. The van der Waals surface area contributed by atoms with Gasteiger partial charge >= 0.3 is 12.2 Å². The topological polar surface area (TPSA) is 181 Å². The second kappa shape index (κ2) is 14.7. The van der Waals surface area contributed by atoms with Crippen molar-refractivity contribution in [1.29, 1.82) is 0 Å². The third-order valence-electron chi connectivity index (χ3n) is 10.0. The van der Waals surface area contributed by atoms with Crippen molar-refractivity contribution in [2.75, 3.05) is 6.54 Å². The van der Waals surface area contributed by atoms with Gasteiger partial charge in [0.1, 0.15) is 29.3 Å². The smallest absolute Gasteiger partial charge is 0.410 e. The maximum Gasteiger partial charge on any atom is 0.410 e. The van der Waals surface area contributed by atoms with Crippen molar-refractivity contribution < 1.29 is 41.9 Å². The predicted molar refractivity (Wildman–Crippen MR) is 191 cm³/mol. The van der Waals surface area contributed by atoms with Crippen LogP contribution in [0, 0.1) is 5.92 Å². The van der Waals surface area contributed by atoms with Gasteiger partial charge in [-0.25, -0.2) is 18.0 Å². The number of fused-ring (bicyclic) bond motifs is 3. The molecule has 2 saturated carbocycles. The van der Waals surface area contributed by atoms with E-state index >= 15 is 0 Å². The lowest BCUT2D eigenvalue weighted by molar-refractivity contribution is -0.141. The number of halogens is 2. The number of sulfonamides is 1. The van der Waals surface area contributed by atoms with Crippen LogP contribution < -0.4 is 15.4 Å². The summed E-state index contributed by atoms with van der Waals surface area (Å²) in [5, 5.41) is 5.56. The summed E-state index contributed by atoms with van der Waals surface area (Å²) in [6.45, 7) is 5.39. The molecule has 284 valence electrons. The molecule has 0 bridgehead atoms. The first-order chi connectivity index (χ1) is 24.5. The molecule has 0 radical (unpaired) electrons. The highest BCUT2D eigenvalue weighted by Crippen LogP contribution is 2.46. The molecule has 5 atom stereocenters. The normalized spacial score (nSPS) is 28.0. The molecule has 5 amide bonds. The fourth-order valence-corrected chi connectivity index (χ4v) is 8.77. The average molecular weight is 783 g/mol. The zero-order chi connectivity index (χ0) is 37.6. The lowest BCUT2D eigenvalue weighted by atomic mass is 10.0. The third kappa shape index (κ3) is 8.62. The Labute approximate surface area is 313 Å². The zero-order valence-corrected chi connectivity index (χ0v) is 31.7. The Morgan fingerprint density at radius 3 is 2.31 bits per heavy atom. The molecular weight excluding hydrogens is 737 g/mol. The van der Waals surface area contributed by atoms with E-state index in [0.717, 1.165) is 24.0 Å². The summed E-state index contributed by atoms with van der Waals surface area (Å²) in [7, 11) is -3.91. The minimum Gasteiger partial charge on any atom is -0.444 e. The zero-order valence-electron chi connectivity index (χ0n) is 29.4. The first-order valence-corrected chi connectivity index (χ1v) is 20.0. The minimum absolute atomic E-state index is 0.0977. The van der Waals surface area contributed by atoms with Crippen LogP contribution in [0.5, 0.6) is 0 Å². The molecule has 1 aromatic rings. The SMILES string of the molecule is CC(C)(C)OC(=O)N[C@H]1CCCCCC=C[C@@H]2C[C@@]2(C(=O)NS(=O)(=O)C2CC2)NC(=O)[C@@H]2C[C@@H](OC(=O)N3Cc4cc(Cl)c(Cl)cc4C3)CN2C1=O. The first-order valence-electron chi connectivity index (χ1n) is 17.7. The Balaban J connectivity index is 1.25. The van der Waals surface area contributed by atoms with Crippen LogP contribution >= 0.6 is 23.2 Å². The maximum atomic E-state index is 14.3. The van der Waals surface area contributed by atoms with Crippen LogP contribution in [0.15, 0.2) is 24.3 Å². The molecule has 5 aliphatic rings. The quantitative estimate of drug-likeness (QED) is 0.367. The summed E-state index contributed by atoms with van der Waals surface area (Å²) >= 11 is 12.4. The molecule has 3 N–H and O–H groups in total. The van der Waals surface area contributed by atoms with Crippen molar-refractivity contribution in [2.45, 2.75) is 126 Å². The van der Waals surface area contributed by atoms with Gasteiger partial charge in [-0.3, -0.25) is 24.0 Å². The average Bonchev–Trinajstić information content (AvgIpc) is 3.94. The molecule has 17 heteroatoms. The van der Waals surface area contributed by atoms with E-state index < -0.39 is 80.4 Å². The van der Waals surface area contributed by atoms with Crippen LogP contribution in [0.2, 0.25) is 10.0 Å². The molecule has 52 heavy (non-hydrogen) atoms. The van der Waals surface area contributed by atoms with E-state index in [0.29, 0.717) is 35.7 Å². The Morgan fingerprint density at radius 2 is 1.67 bits per heavy atom. The van der Waals surface area contributed by atoms with Crippen molar-refractivity contribution in [1.82, 2.24) is 25.2 Å². The number of ether oxygens (including phenoxy) is 2. The summed E-state index contributed by atoms with van der Waals surface area (Å²) in [6, 6.07) is 1.13. The van der Waals surface area contributed by atoms with Gasteiger partial charge < -0.3 is 25.0 Å². The summed E-state index contributed by atoms with van der Waals surface area (Å²) in [6.07, 6.45) is 5.36. The lowest BCUT2D eigenvalue weighted by Crippen LogP contribution is -2.58.